The summed E-state index contributed by atoms with van der Waals surface area (Å²) in [7, 11) is 0. The van der Waals surface area contributed by atoms with Gasteiger partial charge in [-0.25, -0.2) is 0 Å². The molecule has 3 atom stereocenters. The Morgan fingerprint density at radius 3 is 2.40 bits per heavy atom. The zero-order valence-electron chi connectivity index (χ0n) is 14.1. The summed E-state index contributed by atoms with van der Waals surface area (Å²) in [5.74, 6) is 0.327. The first-order chi connectivity index (χ1) is 9.16. The fourth-order valence-electron chi connectivity index (χ4n) is 2.12. The van der Waals surface area contributed by atoms with Crippen LogP contribution >= 0.6 is 0 Å². The minimum Gasteiger partial charge on any atom is -0.392 e. The van der Waals surface area contributed by atoms with E-state index in [1.807, 2.05) is 11.6 Å². The lowest BCUT2D eigenvalue weighted by molar-refractivity contribution is 0.110. The molecule has 1 heterocycles. The molecule has 0 bridgehead atoms. The third kappa shape index (κ3) is 4.32. The van der Waals surface area contributed by atoms with Gasteiger partial charge in [0, 0.05) is 24.3 Å². The molecule has 0 aliphatic rings. The molecule has 0 aliphatic carbocycles. The summed E-state index contributed by atoms with van der Waals surface area (Å²) in [6.45, 7) is 15.4. The maximum absolute atomic E-state index is 10.0. The Labute approximate surface area is 123 Å². The van der Waals surface area contributed by atoms with Crippen LogP contribution in [0.25, 0.3) is 0 Å². The highest BCUT2D eigenvalue weighted by atomic mass is 16.3. The number of aryl methyl sites for hydroxylation is 1. The van der Waals surface area contributed by atoms with E-state index in [0.29, 0.717) is 12.5 Å². The Bertz CT molecular complexity index is 420. The van der Waals surface area contributed by atoms with E-state index >= 15 is 0 Å². The Morgan fingerprint density at radius 1 is 1.35 bits per heavy atom. The Morgan fingerprint density at radius 2 is 1.95 bits per heavy atom. The van der Waals surface area contributed by atoms with Crippen molar-refractivity contribution in [3.8, 4) is 0 Å². The smallest absolute Gasteiger partial charge is 0.0690 e. The van der Waals surface area contributed by atoms with Crippen molar-refractivity contribution in [2.75, 3.05) is 6.54 Å². The van der Waals surface area contributed by atoms with Gasteiger partial charge < -0.3 is 10.4 Å². The lowest BCUT2D eigenvalue weighted by Crippen LogP contribution is -2.33. The molecule has 3 unspecified atom stereocenters. The summed E-state index contributed by atoms with van der Waals surface area (Å²) in [5.41, 5.74) is 2.26. The normalized spacial score (nSPS) is 17.0. The molecule has 0 amide bonds. The van der Waals surface area contributed by atoms with Crippen molar-refractivity contribution in [1.29, 1.82) is 0 Å². The highest BCUT2D eigenvalue weighted by Gasteiger charge is 2.20. The highest BCUT2D eigenvalue weighted by Crippen LogP contribution is 2.21. The van der Waals surface area contributed by atoms with Crippen molar-refractivity contribution < 1.29 is 5.11 Å². The number of aliphatic hydroxyl groups excluding tert-OH is 1. The number of nitrogens with zero attached hydrogens (tertiary/aromatic N) is 2. The number of aliphatic hydroxyl groups is 1. The SMILES string of the molecule is CCC(C)C(O)CNC(C)c1cn(C(C)(C)C)nc1C. The fourth-order valence-corrected chi connectivity index (χ4v) is 2.12. The van der Waals surface area contributed by atoms with E-state index in [-0.39, 0.29) is 17.7 Å². The Hall–Kier alpha value is -0.870. The van der Waals surface area contributed by atoms with Gasteiger partial charge in [0.2, 0.25) is 0 Å². The van der Waals surface area contributed by atoms with Crippen LogP contribution in [0.3, 0.4) is 0 Å². The van der Waals surface area contributed by atoms with Gasteiger partial charge >= 0.3 is 0 Å². The number of hydrogen-bond acceptors (Lipinski definition) is 3. The van der Waals surface area contributed by atoms with Crippen LogP contribution in [-0.2, 0) is 5.54 Å². The van der Waals surface area contributed by atoms with Gasteiger partial charge in [0.1, 0.15) is 0 Å². The molecular weight excluding hydrogens is 250 g/mol. The third-order valence-corrected chi connectivity index (χ3v) is 4.02. The molecule has 2 N–H and O–H groups in total. The van der Waals surface area contributed by atoms with Gasteiger partial charge in [-0.1, -0.05) is 20.3 Å². The second-order valence-corrected chi connectivity index (χ2v) is 6.87. The van der Waals surface area contributed by atoms with Crippen molar-refractivity contribution in [1.82, 2.24) is 15.1 Å². The predicted octanol–water partition coefficient (Wildman–Crippen LogP) is 3.00. The molecule has 1 aromatic rings. The van der Waals surface area contributed by atoms with Gasteiger partial charge in [0.15, 0.2) is 0 Å². The molecule has 0 saturated carbocycles. The van der Waals surface area contributed by atoms with Gasteiger partial charge in [0.05, 0.1) is 17.3 Å². The zero-order chi connectivity index (χ0) is 15.5. The molecule has 0 aliphatic heterocycles. The monoisotopic (exact) mass is 281 g/mol. The molecule has 116 valence electrons. The lowest BCUT2D eigenvalue weighted by atomic mass is 10.0. The summed E-state index contributed by atoms with van der Waals surface area (Å²) >= 11 is 0. The minimum absolute atomic E-state index is 0.00102. The van der Waals surface area contributed by atoms with Crippen molar-refractivity contribution in [2.45, 2.75) is 72.6 Å². The van der Waals surface area contributed by atoms with Crippen LogP contribution in [0.4, 0.5) is 0 Å². The number of hydrogen-bond donors (Lipinski definition) is 2. The van der Waals surface area contributed by atoms with E-state index in [4.69, 9.17) is 0 Å². The maximum atomic E-state index is 10.0. The van der Waals surface area contributed by atoms with Gasteiger partial charge in [-0.3, -0.25) is 4.68 Å². The summed E-state index contributed by atoms with van der Waals surface area (Å²) in [6.07, 6.45) is 2.82. The largest absolute Gasteiger partial charge is 0.392 e. The van der Waals surface area contributed by atoms with Gasteiger partial charge in [-0.2, -0.15) is 5.10 Å². The quantitative estimate of drug-likeness (QED) is 0.843. The molecule has 0 aromatic carbocycles. The first kappa shape index (κ1) is 17.2. The van der Waals surface area contributed by atoms with Crippen LogP contribution in [0.1, 0.15) is 65.3 Å². The summed E-state index contributed by atoms with van der Waals surface area (Å²) in [5, 5.41) is 18.0. The molecular formula is C16H31N3O. The molecule has 0 saturated heterocycles. The Kier molecular flexibility index (Phi) is 5.78. The maximum Gasteiger partial charge on any atom is 0.0690 e. The van der Waals surface area contributed by atoms with Crippen LogP contribution < -0.4 is 5.32 Å². The number of rotatable bonds is 6. The first-order valence-electron chi connectivity index (χ1n) is 7.64. The van der Waals surface area contributed by atoms with Gasteiger partial charge in [0.25, 0.3) is 0 Å². The first-order valence-corrected chi connectivity index (χ1v) is 7.64. The van der Waals surface area contributed by atoms with E-state index in [1.54, 1.807) is 0 Å². The highest BCUT2D eigenvalue weighted by molar-refractivity contribution is 5.20. The van der Waals surface area contributed by atoms with Gasteiger partial charge in [-0.05, 0) is 40.5 Å². The number of aromatic nitrogens is 2. The number of nitrogens with one attached hydrogen (secondary N) is 1. The molecule has 1 rings (SSSR count). The van der Waals surface area contributed by atoms with E-state index in [2.05, 4.69) is 58.2 Å². The predicted molar refractivity (Wildman–Crippen MR) is 83.8 cm³/mol. The van der Waals surface area contributed by atoms with Crippen molar-refractivity contribution in [3.63, 3.8) is 0 Å². The zero-order valence-corrected chi connectivity index (χ0v) is 14.1. The minimum atomic E-state index is -0.291. The van der Waals surface area contributed by atoms with E-state index < -0.39 is 0 Å². The average molecular weight is 281 g/mol. The fraction of sp³-hybridized carbons (Fsp3) is 0.812. The second-order valence-electron chi connectivity index (χ2n) is 6.87. The standard InChI is InChI=1S/C16H31N3O/c1-8-11(2)15(20)9-17-12(3)14-10-19(16(5,6)7)18-13(14)4/h10-12,15,17,20H,8-9H2,1-7H3. The van der Waals surface area contributed by atoms with Gasteiger partial charge in [-0.15, -0.1) is 0 Å². The molecule has 0 spiro atoms. The van der Waals surface area contributed by atoms with Crippen LogP contribution in [0.2, 0.25) is 0 Å². The molecule has 4 heteroatoms. The second kappa shape index (κ2) is 6.72. The molecule has 0 fully saturated rings. The third-order valence-electron chi connectivity index (χ3n) is 4.02. The Balaban J connectivity index is 2.69. The summed E-state index contributed by atoms with van der Waals surface area (Å²) in [6, 6.07) is 0.199. The average Bonchev–Trinajstić information content (AvgIpc) is 2.76. The molecule has 20 heavy (non-hydrogen) atoms. The lowest BCUT2D eigenvalue weighted by Gasteiger charge is -2.21. The van der Waals surface area contributed by atoms with Crippen LogP contribution in [0.5, 0.6) is 0 Å². The van der Waals surface area contributed by atoms with Crippen LogP contribution in [0, 0.1) is 12.8 Å². The van der Waals surface area contributed by atoms with Crippen molar-refractivity contribution in [3.05, 3.63) is 17.5 Å². The van der Waals surface area contributed by atoms with Crippen molar-refractivity contribution >= 4 is 0 Å². The molecule has 1 aromatic heterocycles. The van der Waals surface area contributed by atoms with E-state index in [9.17, 15) is 5.11 Å². The summed E-state index contributed by atoms with van der Waals surface area (Å²) < 4.78 is 2.01. The van der Waals surface area contributed by atoms with Crippen molar-refractivity contribution in [2.24, 2.45) is 5.92 Å². The molecule has 0 radical (unpaired) electrons. The summed E-state index contributed by atoms with van der Waals surface area (Å²) in [4.78, 5) is 0. The van der Waals surface area contributed by atoms with Crippen LogP contribution in [0.15, 0.2) is 6.20 Å². The van der Waals surface area contributed by atoms with E-state index in [0.717, 1.165) is 12.1 Å². The van der Waals surface area contributed by atoms with E-state index in [1.165, 1.54) is 5.56 Å². The topological polar surface area (TPSA) is 50.1 Å². The van der Waals surface area contributed by atoms with Crippen LogP contribution in [-0.4, -0.2) is 27.5 Å². The molecule has 4 nitrogen and oxygen atoms in total.